The van der Waals surface area contributed by atoms with Gasteiger partial charge in [0.05, 0.1) is 13.6 Å². The van der Waals surface area contributed by atoms with E-state index in [1.54, 1.807) is 24.0 Å². The molecule has 1 aromatic rings. The second-order valence-corrected chi connectivity index (χ2v) is 3.72. The zero-order chi connectivity index (χ0) is 10.1. The maximum absolute atomic E-state index is 10.6. The average molecular weight is 207 g/mol. The van der Waals surface area contributed by atoms with E-state index >= 15 is 0 Å². The summed E-state index contributed by atoms with van der Waals surface area (Å²) < 4.78 is 18.2. The van der Waals surface area contributed by atoms with Gasteiger partial charge in [-0.05, 0) is 6.92 Å². The van der Waals surface area contributed by atoms with E-state index in [9.17, 15) is 4.57 Å². The van der Waals surface area contributed by atoms with Crippen molar-refractivity contribution in [1.29, 1.82) is 0 Å². The Morgan fingerprint density at radius 2 is 2.31 bits per heavy atom. The molecule has 0 fully saturated rings. The van der Waals surface area contributed by atoms with Crippen LogP contribution in [0.3, 0.4) is 0 Å². The van der Waals surface area contributed by atoms with Gasteiger partial charge in [-0.25, -0.2) is 4.57 Å². The molecule has 0 aliphatic rings. The minimum absolute atomic E-state index is 0.149. The fourth-order valence-corrected chi connectivity index (χ4v) is 1.42. The first-order chi connectivity index (χ1) is 5.94. The van der Waals surface area contributed by atoms with Crippen molar-refractivity contribution in [2.75, 3.05) is 0 Å². The molecule has 0 radical (unpaired) electrons. The molecule has 1 heterocycles. The Morgan fingerprint density at radius 3 is 2.77 bits per heavy atom. The van der Waals surface area contributed by atoms with Crippen molar-refractivity contribution in [2.45, 2.75) is 13.5 Å². The molecule has 7 heteroatoms. The standard InChI is InChI=1S/C6H11N2O4P/c1-3-8-5-4-7(2)6(8)12-13(9,10)11/h4-5H,3H2,1-2H3,(H-,9,10,11)/p+1. The van der Waals surface area contributed by atoms with Crippen molar-refractivity contribution in [3.8, 4) is 6.01 Å². The van der Waals surface area contributed by atoms with Crippen LogP contribution in [0, 0.1) is 0 Å². The topological polar surface area (TPSA) is 75.6 Å². The molecule has 13 heavy (non-hydrogen) atoms. The number of phosphoric ester groups is 1. The van der Waals surface area contributed by atoms with Gasteiger partial charge in [-0.2, -0.15) is 9.13 Å². The zero-order valence-corrected chi connectivity index (χ0v) is 8.31. The monoisotopic (exact) mass is 207 g/mol. The highest BCUT2D eigenvalue weighted by molar-refractivity contribution is 7.46. The van der Waals surface area contributed by atoms with Crippen LogP contribution >= 0.6 is 7.82 Å². The Hall–Kier alpha value is -0.840. The van der Waals surface area contributed by atoms with E-state index in [4.69, 9.17) is 9.79 Å². The molecule has 2 N–H and O–H groups in total. The minimum Gasteiger partial charge on any atom is -0.334 e. The molecule has 0 saturated heterocycles. The second kappa shape index (κ2) is 3.49. The molecular formula is C6H12N2O4P+. The molecule has 0 atom stereocenters. The summed E-state index contributed by atoms with van der Waals surface area (Å²) in [6, 6.07) is 0.149. The maximum atomic E-state index is 10.6. The summed E-state index contributed by atoms with van der Waals surface area (Å²) >= 11 is 0. The van der Waals surface area contributed by atoms with Gasteiger partial charge in [0, 0.05) is 0 Å². The molecule has 0 saturated carbocycles. The van der Waals surface area contributed by atoms with E-state index in [2.05, 4.69) is 4.52 Å². The maximum Gasteiger partial charge on any atom is 0.529 e. The fraction of sp³-hybridized carbons (Fsp3) is 0.500. The van der Waals surface area contributed by atoms with E-state index in [0.29, 0.717) is 6.54 Å². The summed E-state index contributed by atoms with van der Waals surface area (Å²) in [6.07, 6.45) is 3.35. The van der Waals surface area contributed by atoms with Crippen LogP contribution < -0.4 is 9.09 Å². The van der Waals surface area contributed by atoms with Crippen LogP contribution in [0.4, 0.5) is 0 Å². The largest absolute Gasteiger partial charge is 0.529 e. The smallest absolute Gasteiger partial charge is 0.334 e. The quantitative estimate of drug-likeness (QED) is 0.531. The molecule has 74 valence electrons. The van der Waals surface area contributed by atoms with Crippen LogP contribution in [0.5, 0.6) is 6.01 Å². The SMILES string of the molecule is CCn1cc[n+](C)c1OP(=O)(O)O. The van der Waals surface area contributed by atoms with Gasteiger partial charge in [-0.15, -0.1) is 0 Å². The Balaban J connectivity index is 2.98. The van der Waals surface area contributed by atoms with Crippen LogP contribution in [0.1, 0.15) is 6.92 Å². The van der Waals surface area contributed by atoms with Crippen molar-refractivity contribution in [2.24, 2.45) is 7.05 Å². The van der Waals surface area contributed by atoms with Gasteiger partial charge in [0.15, 0.2) is 0 Å². The molecule has 0 aliphatic carbocycles. The van der Waals surface area contributed by atoms with Crippen LogP contribution in [-0.4, -0.2) is 14.4 Å². The van der Waals surface area contributed by atoms with Crippen molar-refractivity contribution < 1.29 is 23.4 Å². The van der Waals surface area contributed by atoms with Crippen LogP contribution in [0.2, 0.25) is 0 Å². The molecule has 1 aromatic heterocycles. The lowest BCUT2D eigenvalue weighted by Gasteiger charge is -2.03. The second-order valence-electron chi connectivity index (χ2n) is 2.56. The average Bonchev–Trinajstić information content (AvgIpc) is 2.30. The Kier molecular flexibility index (Phi) is 2.75. The van der Waals surface area contributed by atoms with E-state index in [1.165, 1.54) is 4.57 Å². The third-order valence-corrected chi connectivity index (χ3v) is 1.96. The van der Waals surface area contributed by atoms with Crippen molar-refractivity contribution >= 4 is 7.82 Å². The summed E-state index contributed by atoms with van der Waals surface area (Å²) in [4.78, 5) is 17.2. The third-order valence-electron chi connectivity index (χ3n) is 1.56. The molecule has 0 spiro atoms. The number of aromatic nitrogens is 2. The van der Waals surface area contributed by atoms with E-state index in [-0.39, 0.29) is 6.01 Å². The molecular weight excluding hydrogens is 195 g/mol. The fourth-order valence-electron chi connectivity index (χ4n) is 0.974. The predicted molar refractivity (Wildman–Crippen MR) is 44.0 cm³/mol. The third kappa shape index (κ3) is 2.55. The number of aryl methyl sites for hydroxylation is 2. The highest BCUT2D eigenvalue weighted by atomic mass is 31.2. The lowest BCUT2D eigenvalue weighted by Crippen LogP contribution is -2.28. The summed E-state index contributed by atoms with van der Waals surface area (Å²) in [6.45, 7) is 2.45. The molecule has 0 bridgehead atoms. The number of imidazole rings is 1. The van der Waals surface area contributed by atoms with Gasteiger partial charge < -0.3 is 4.52 Å². The number of nitrogens with zero attached hydrogens (tertiary/aromatic N) is 2. The minimum atomic E-state index is -4.46. The first-order valence-corrected chi connectivity index (χ1v) is 5.27. The Labute approximate surface area is 75.6 Å². The van der Waals surface area contributed by atoms with E-state index < -0.39 is 7.82 Å². The molecule has 0 aromatic carbocycles. The van der Waals surface area contributed by atoms with Gasteiger partial charge in [-0.1, -0.05) is 0 Å². The van der Waals surface area contributed by atoms with E-state index in [0.717, 1.165) is 0 Å². The highest BCUT2D eigenvalue weighted by Gasteiger charge is 2.25. The van der Waals surface area contributed by atoms with Gasteiger partial charge in [0.1, 0.15) is 12.4 Å². The first kappa shape index (κ1) is 10.2. The number of phosphoric acid groups is 1. The van der Waals surface area contributed by atoms with Crippen molar-refractivity contribution in [1.82, 2.24) is 4.57 Å². The number of hydrogen-bond donors (Lipinski definition) is 2. The summed E-state index contributed by atoms with van der Waals surface area (Å²) in [5, 5.41) is 0. The van der Waals surface area contributed by atoms with Crippen LogP contribution in [0.25, 0.3) is 0 Å². The van der Waals surface area contributed by atoms with Gasteiger partial charge in [-0.3, -0.25) is 9.79 Å². The summed E-state index contributed by atoms with van der Waals surface area (Å²) in [5.41, 5.74) is 0. The Bertz CT molecular complexity index is 342. The number of rotatable bonds is 3. The molecule has 0 amide bonds. The Morgan fingerprint density at radius 1 is 1.69 bits per heavy atom. The highest BCUT2D eigenvalue weighted by Crippen LogP contribution is 2.35. The lowest BCUT2D eigenvalue weighted by atomic mass is 10.7. The lowest BCUT2D eigenvalue weighted by molar-refractivity contribution is -0.674. The van der Waals surface area contributed by atoms with Gasteiger partial charge in [0.2, 0.25) is 0 Å². The van der Waals surface area contributed by atoms with Crippen LogP contribution in [-0.2, 0) is 18.2 Å². The molecule has 6 nitrogen and oxygen atoms in total. The van der Waals surface area contributed by atoms with Crippen molar-refractivity contribution in [3.05, 3.63) is 12.4 Å². The van der Waals surface area contributed by atoms with Crippen molar-refractivity contribution in [3.63, 3.8) is 0 Å². The summed E-state index contributed by atoms with van der Waals surface area (Å²) in [5.74, 6) is 0. The zero-order valence-electron chi connectivity index (χ0n) is 7.41. The summed E-state index contributed by atoms with van der Waals surface area (Å²) in [7, 11) is -2.81. The first-order valence-electron chi connectivity index (χ1n) is 3.74. The normalized spacial score (nSPS) is 11.7. The predicted octanol–water partition coefficient (Wildman–Crippen LogP) is -0.196. The molecule has 1 rings (SSSR count). The van der Waals surface area contributed by atoms with Gasteiger partial charge in [0.25, 0.3) is 0 Å². The van der Waals surface area contributed by atoms with Crippen LogP contribution in [0.15, 0.2) is 12.4 Å². The number of hydrogen-bond acceptors (Lipinski definition) is 2. The molecule has 0 aliphatic heterocycles. The molecule has 0 unspecified atom stereocenters. The van der Waals surface area contributed by atoms with E-state index in [1.807, 2.05) is 6.92 Å². The van der Waals surface area contributed by atoms with Gasteiger partial charge >= 0.3 is 13.8 Å².